The molecule has 0 saturated carbocycles. The summed E-state index contributed by atoms with van der Waals surface area (Å²) in [6, 6.07) is 14.3. The van der Waals surface area contributed by atoms with Gasteiger partial charge in [0.15, 0.2) is 11.9 Å². The number of hydrogen-bond donors (Lipinski definition) is 0. The number of ketones is 1. The zero-order chi connectivity index (χ0) is 19.6. The van der Waals surface area contributed by atoms with Crippen LogP contribution < -0.4 is 14.5 Å². The van der Waals surface area contributed by atoms with Gasteiger partial charge in [0.2, 0.25) is 5.91 Å². The predicted molar refractivity (Wildman–Crippen MR) is 103 cm³/mol. The first-order valence-corrected chi connectivity index (χ1v) is 8.81. The Labute approximate surface area is 158 Å². The fourth-order valence-electron chi connectivity index (χ4n) is 3.01. The maximum atomic E-state index is 12.5. The molecule has 0 spiro atoms. The van der Waals surface area contributed by atoms with Gasteiger partial charge in [-0.05, 0) is 37.3 Å². The Morgan fingerprint density at radius 1 is 1.11 bits per heavy atom. The van der Waals surface area contributed by atoms with Crippen LogP contribution in [0.4, 0.5) is 11.4 Å². The highest BCUT2D eigenvalue weighted by Crippen LogP contribution is 2.34. The quantitative estimate of drug-likeness (QED) is 0.763. The number of nitrogens with zero attached hydrogens (tertiary/aromatic N) is 2. The lowest BCUT2D eigenvalue weighted by Crippen LogP contribution is -2.42. The van der Waals surface area contributed by atoms with Gasteiger partial charge >= 0.3 is 0 Å². The normalized spacial score (nSPS) is 15.7. The average molecular weight is 366 g/mol. The number of Topliss-reactive ketones (excluding diaryl/α,β-unsaturated/α-hetero) is 1. The molecule has 2 amide bonds. The summed E-state index contributed by atoms with van der Waals surface area (Å²) in [7, 11) is 3.35. The van der Waals surface area contributed by atoms with Crippen molar-refractivity contribution in [3.8, 4) is 5.75 Å². The number of carbonyl (C=O) groups is 3. The molecule has 2 aromatic carbocycles. The third-order valence-corrected chi connectivity index (χ3v) is 4.71. The Bertz CT molecular complexity index is 879. The molecule has 0 aromatic heterocycles. The fraction of sp³-hybridized carbons (Fsp3) is 0.286. The largest absolute Gasteiger partial charge is 0.479 e. The van der Waals surface area contributed by atoms with Crippen molar-refractivity contribution in [3.05, 3.63) is 54.1 Å². The van der Waals surface area contributed by atoms with Gasteiger partial charge in [-0.3, -0.25) is 14.4 Å². The van der Waals surface area contributed by atoms with Gasteiger partial charge in [0.1, 0.15) is 5.75 Å². The van der Waals surface area contributed by atoms with E-state index >= 15 is 0 Å². The summed E-state index contributed by atoms with van der Waals surface area (Å²) < 4.78 is 5.56. The molecule has 0 bridgehead atoms. The molecule has 0 radical (unpaired) electrons. The van der Waals surface area contributed by atoms with Crippen molar-refractivity contribution in [1.29, 1.82) is 0 Å². The maximum absolute atomic E-state index is 12.5. The van der Waals surface area contributed by atoms with Crippen molar-refractivity contribution < 1.29 is 19.1 Å². The van der Waals surface area contributed by atoms with Gasteiger partial charge in [0.05, 0.1) is 5.69 Å². The molecule has 0 N–H and O–H groups in total. The van der Waals surface area contributed by atoms with E-state index in [0.29, 0.717) is 17.0 Å². The molecule has 1 unspecified atom stereocenters. The first kappa shape index (κ1) is 18.6. The van der Waals surface area contributed by atoms with Crippen molar-refractivity contribution in [3.63, 3.8) is 0 Å². The Morgan fingerprint density at radius 3 is 2.52 bits per heavy atom. The van der Waals surface area contributed by atoms with Gasteiger partial charge in [-0.15, -0.1) is 0 Å². The summed E-state index contributed by atoms with van der Waals surface area (Å²) in [5.41, 5.74) is 1.81. The summed E-state index contributed by atoms with van der Waals surface area (Å²) in [4.78, 5) is 40.0. The summed E-state index contributed by atoms with van der Waals surface area (Å²) >= 11 is 0. The van der Waals surface area contributed by atoms with Gasteiger partial charge in [0, 0.05) is 38.2 Å². The van der Waals surface area contributed by atoms with Crippen LogP contribution in [0.1, 0.15) is 30.1 Å². The van der Waals surface area contributed by atoms with Crippen LogP contribution in [0.15, 0.2) is 48.5 Å². The minimum atomic E-state index is -0.546. The summed E-state index contributed by atoms with van der Waals surface area (Å²) in [5, 5.41) is 0. The number of rotatable bonds is 5. The van der Waals surface area contributed by atoms with E-state index in [9.17, 15) is 14.4 Å². The van der Waals surface area contributed by atoms with Crippen molar-refractivity contribution in [2.24, 2.45) is 0 Å². The topological polar surface area (TPSA) is 66.9 Å². The molecule has 0 saturated heterocycles. The molecule has 2 aromatic rings. The monoisotopic (exact) mass is 366 g/mol. The van der Waals surface area contributed by atoms with E-state index in [1.807, 2.05) is 30.3 Å². The van der Waals surface area contributed by atoms with E-state index in [2.05, 4.69) is 0 Å². The Morgan fingerprint density at radius 2 is 1.81 bits per heavy atom. The van der Waals surface area contributed by atoms with Crippen molar-refractivity contribution in [2.75, 3.05) is 23.9 Å². The van der Waals surface area contributed by atoms with E-state index in [1.54, 1.807) is 44.1 Å². The smallest absolute Gasteiger partial charge is 0.267 e. The number of ether oxygens (including phenoxy) is 1. The Balaban J connectivity index is 1.67. The molecule has 6 nitrogen and oxygen atoms in total. The minimum absolute atomic E-state index is 0.101. The van der Waals surface area contributed by atoms with Crippen LogP contribution >= 0.6 is 0 Å². The standard InChI is InChI=1S/C21H22N2O4/c1-14-21(26)23(3)17-13-15(9-11-19(17)27-14)18(24)10-12-20(25)22(2)16-7-5-4-6-8-16/h4-9,11,13-14H,10,12H2,1-3H3. The summed E-state index contributed by atoms with van der Waals surface area (Å²) in [5.74, 6) is 0.136. The van der Waals surface area contributed by atoms with Gasteiger partial charge < -0.3 is 14.5 Å². The van der Waals surface area contributed by atoms with Crippen molar-refractivity contribution >= 4 is 29.0 Å². The lowest BCUT2D eigenvalue weighted by molar-refractivity contribution is -0.125. The molecule has 1 aliphatic heterocycles. The zero-order valence-corrected chi connectivity index (χ0v) is 15.6. The molecule has 3 rings (SSSR count). The van der Waals surface area contributed by atoms with Crippen LogP contribution in [0.3, 0.4) is 0 Å². The Kier molecular flexibility index (Phi) is 5.26. The van der Waals surface area contributed by atoms with Crippen molar-refractivity contribution in [2.45, 2.75) is 25.9 Å². The van der Waals surface area contributed by atoms with Crippen LogP contribution in [0, 0.1) is 0 Å². The van der Waals surface area contributed by atoms with E-state index in [0.717, 1.165) is 5.69 Å². The minimum Gasteiger partial charge on any atom is -0.479 e. The number of likely N-dealkylation sites (N-methyl/N-ethyl adjacent to an activating group) is 1. The van der Waals surface area contributed by atoms with Gasteiger partial charge in [-0.2, -0.15) is 0 Å². The van der Waals surface area contributed by atoms with Crippen LogP contribution in [0.25, 0.3) is 0 Å². The first-order valence-electron chi connectivity index (χ1n) is 8.81. The Hall–Kier alpha value is -3.15. The molecule has 0 aliphatic carbocycles. The van der Waals surface area contributed by atoms with Crippen LogP contribution in [-0.4, -0.2) is 37.8 Å². The summed E-state index contributed by atoms with van der Waals surface area (Å²) in [6.07, 6.45) is -0.331. The molecule has 1 atom stereocenters. The van der Waals surface area contributed by atoms with Gasteiger partial charge in [0.25, 0.3) is 5.91 Å². The maximum Gasteiger partial charge on any atom is 0.267 e. The SMILES string of the molecule is CC1Oc2ccc(C(=O)CCC(=O)N(C)c3ccccc3)cc2N(C)C1=O. The second-order valence-electron chi connectivity index (χ2n) is 6.55. The lowest BCUT2D eigenvalue weighted by atomic mass is 10.0. The summed E-state index contributed by atoms with van der Waals surface area (Å²) in [6.45, 7) is 1.69. The molecule has 6 heteroatoms. The van der Waals surface area contributed by atoms with Crippen LogP contribution in [0.2, 0.25) is 0 Å². The second-order valence-corrected chi connectivity index (χ2v) is 6.55. The first-order chi connectivity index (χ1) is 12.9. The van der Waals surface area contributed by atoms with E-state index in [4.69, 9.17) is 4.74 Å². The number of benzene rings is 2. The number of anilines is 2. The average Bonchev–Trinajstić information content (AvgIpc) is 2.70. The fourth-order valence-corrected chi connectivity index (χ4v) is 3.01. The predicted octanol–water partition coefficient (Wildman–Crippen LogP) is 3.06. The number of hydrogen-bond acceptors (Lipinski definition) is 4. The number of amides is 2. The molecule has 140 valence electrons. The third-order valence-electron chi connectivity index (χ3n) is 4.71. The van der Waals surface area contributed by atoms with E-state index in [-0.39, 0.29) is 30.4 Å². The highest BCUT2D eigenvalue weighted by Gasteiger charge is 2.29. The van der Waals surface area contributed by atoms with Crippen molar-refractivity contribution in [1.82, 2.24) is 0 Å². The number of fused-ring (bicyclic) bond motifs is 1. The zero-order valence-electron chi connectivity index (χ0n) is 15.6. The van der Waals surface area contributed by atoms with E-state index < -0.39 is 6.10 Å². The van der Waals surface area contributed by atoms with Crippen LogP contribution in [0.5, 0.6) is 5.75 Å². The van der Waals surface area contributed by atoms with Crippen LogP contribution in [-0.2, 0) is 9.59 Å². The number of para-hydroxylation sites is 1. The molecule has 27 heavy (non-hydrogen) atoms. The number of carbonyl (C=O) groups excluding carboxylic acids is 3. The molecular formula is C21H22N2O4. The highest BCUT2D eigenvalue weighted by atomic mass is 16.5. The third kappa shape index (κ3) is 3.84. The molecule has 1 aliphatic rings. The molecule has 1 heterocycles. The molecule has 0 fully saturated rings. The second kappa shape index (κ2) is 7.61. The molecular weight excluding hydrogens is 344 g/mol. The highest BCUT2D eigenvalue weighted by molar-refractivity contribution is 6.04. The van der Waals surface area contributed by atoms with Gasteiger partial charge in [-0.25, -0.2) is 0 Å². The lowest BCUT2D eigenvalue weighted by Gasteiger charge is -2.30. The van der Waals surface area contributed by atoms with E-state index in [1.165, 1.54) is 4.90 Å². The van der Waals surface area contributed by atoms with Gasteiger partial charge in [-0.1, -0.05) is 18.2 Å².